The maximum absolute atomic E-state index is 14.0. The number of anilines is 1. The topological polar surface area (TPSA) is 77.3 Å². The predicted octanol–water partition coefficient (Wildman–Crippen LogP) is 6.76. The number of carbonyl (C=O) groups excluding carboxylic acids is 2. The summed E-state index contributed by atoms with van der Waals surface area (Å²) in [7, 11) is 1.44. The van der Waals surface area contributed by atoms with Gasteiger partial charge in [0.05, 0.1) is 18.8 Å². The molecular weight excluding hydrogens is 472 g/mol. The smallest absolute Gasteiger partial charge is 0.350 e. The summed E-state index contributed by atoms with van der Waals surface area (Å²) in [6.45, 7) is 8.84. The zero-order chi connectivity index (χ0) is 25.9. The molecule has 2 saturated carbocycles. The first kappa shape index (κ1) is 26.8. The molecule has 2 heterocycles. The molecular formula is C28H42N4O3S. The largest absolute Gasteiger partial charge is 0.465 e. The Bertz CT molecular complexity index is 1010. The quantitative estimate of drug-likeness (QED) is 0.364. The second kappa shape index (κ2) is 11.4. The summed E-state index contributed by atoms with van der Waals surface area (Å²) in [5.74, 6) is 0.190. The van der Waals surface area contributed by atoms with Gasteiger partial charge in [-0.3, -0.25) is 4.79 Å². The minimum absolute atomic E-state index is 0.0534. The third-order valence-electron chi connectivity index (χ3n) is 8.52. The highest BCUT2D eigenvalue weighted by Gasteiger charge is 2.37. The minimum atomic E-state index is -0.337. The SMILES string of the molecule is CCC(CC)C(=O)N(c1cc(C2CCC(C)(C)CC2)sc1C(=O)OC)C1CCC(n2cncn2)CC1. The Hall–Kier alpha value is -2.22. The van der Waals surface area contributed by atoms with Gasteiger partial charge in [0.15, 0.2) is 0 Å². The number of rotatable bonds is 8. The fourth-order valence-electron chi connectivity index (χ4n) is 6.02. The van der Waals surface area contributed by atoms with E-state index in [1.54, 1.807) is 24.0 Å². The molecule has 0 saturated heterocycles. The van der Waals surface area contributed by atoms with Crippen LogP contribution in [0.1, 0.15) is 118 Å². The zero-order valence-corrected chi connectivity index (χ0v) is 23.4. The molecule has 0 bridgehead atoms. The van der Waals surface area contributed by atoms with E-state index in [0.717, 1.165) is 57.1 Å². The van der Waals surface area contributed by atoms with Crippen LogP contribution in [0.4, 0.5) is 5.69 Å². The van der Waals surface area contributed by atoms with Crippen LogP contribution >= 0.6 is 11.3 Å². The molecule has 0 N–H and O–H groups in total. The van der Waals surface area contributed by atoms with Crippen LogP contribution in [-0.4, -0.2) is 39.8 Å². The highest BCUT2D eigenvalue weighted by molar-refractivity contribution is 7.14. The number of hydrogen-bond donors (Lipinski definition) is 0. The molecule has 0 aromatic carbocycles. The number of methoxy groups -OCH3 is 1. The summed E-state index contributed by atoms with van der Waals surface area (Å²) in [6.07, 6.45) is 13.2. The van der Waals surface area contributed by atoms with Crippen molar-refractivity contribution in [2.24, 2.45) is 11.3 Å². The summed E-state index contributed by atoms with van der Waals surface area (Å²) >= 11 is 1.54. The van der Waals surface area contributed by atoms with Crippen molar-refractivity contribution in [2.45, 2.75) is 110 Å². The Morgan fingerprint density at radius 3 is 2.36 bits per heavy atom. The van der Waals surface area contributed by atoms with E-state index in [-0.39, 0.29) is 23.8 Å². The van der Waals surface area contributed by atoms with Crippen molar-refractivity contribution in [3.8, 4) is 0 Å². The third-order valence-corrected chi connectivity index (χ3v) is 9.78. The first-order chi connectivity index (χ1) is 17.3. The number of ether oxygens (including phenoxy) is 1. The van der Waals surface area contributed by atoms with Gasteiger partial charge < -0.3 is 9.64 Å². The molecule has 2 aromatic heterocycles. The highest BCUT2D eigenvalue weighted by atomic mass is 32.1. The lowest BCUT2D eigenvalue weighted by molar-refractivity contribution is -0.123. The number of thiophene rings is 1. The van der Waals surface area contributed by atoms with E-state index in [1.165, 1.54) is 24.8 Å². The molecule has 4 rings (SSSR count). The molecule has 2 aromatic rings. The minimum Gasteiger partial charge on any atom is -0.465 e. The highest BCUT2D eigenvalue weighted by Crippen LogP contribution is 2.47. The number of nitrogens with zero attached hydrogens (tertiary/aromatic N) is 4. The van der Waals surface area contributed by atoms with E-state index in [9.17, 15) is 9.59 Å². The van der Waals surface area contributed by atoms with E-state index in [0.29, 0.717) is 22.3 Å². The van der Waals surface area contributed by atoms with Gasteiger partial charge >= 0.3 is 5.97 Å². The summed E-state index contributed by atoms with van der Waals surface area (Å²) in [4.78, 5) is 34.9. The predicted molar refractivity (Wildman–Crippen MR) is 144 cm³/mol. The standard InChI is InChI=1S/C28H42N4O3S/c1-6-19(7-2)26(33)32(22-10-8-21(9-11-22)31-18-29-17-30-31)23-16-24(36-25(23)27(34)35-5)20-12-14-28(3,4)15-13-20/h16-22H,6-15H2,1-5H3. The van der Waals surface area contributed by atoms with Crippen LogP contribution in [-0.2, 0) is 9.53 Å². The zero-order valence-electron chi connectivity index (χ0n) is 22.5. The number of amides is 1. The van der Waals surface area contributed by atoms with Gasteiger partial charge in [0, 0.05) is 16.8 Å². The van der Waals surface area contributed by atoms with Crippen molar-refractivity contribution in [3.05, 3.63) is 28.5 Å². The molecule has 8 heteroatoms. The summed E-state index contributed by atoms with van der Waals surface area (Å²) in [5, 5.41) is 4.34. The normalized spacial score (nSPS) is 22.5. The average molecular weight is 515 g/mol. The van der Waals surface area contributed by atoms with Gasteiger partial charge in [0.25, 0.3) is 0 Å². The van der Waals surface area contributed by atoms with Crippen LogP contribution < -0.4 is 4.90 Å². The maximum Gasteiger partial charge on any atom is 0.350 e. The average Bonchev–Trinajstić information content (AvgIpc) is 3.56. The number of aromatic nitrogens is 3. The lowest BCUT2D eigenvalue weighted by Crippen LogP contribution is -2.46. The molecule has 36 heavy (non-hydrogen) atoms. The molecule has 2 aliphatic rings. The van der Waals surface area contributed by atoms with Crippen molar-refractivity contribution in [1.29, 1.82) is 0 Å². The lowest BCUT2D eigenvalue weighted by Gasteiger charge is -2.38. The van der Waals surface area contributed by atoms with Crippen LogP contribution in [0.2, 0.25) is 0 Å². The molecule has 0 atom stereocenters. The first-order valence-electron chi connectivity index (χ1n) is 13.7. The van der Waals surface area contributed by atoms with Crippen molar-refractivity contribution < 1.29 is 14.3 Å². The molecule has 198 valence electrons. The van der Waals surface area contributed by atoms with E-state index in [4.69, 9.17) is 4.74 Å². The lowest BCUT2D eigenvalue weighted by atomic mass is 9.73. The molecule has 2 aliphatic carbocycles. The molecule has 2 fully saturated rings. The van der Waals surface area contributed by atoms with Crippen molar-refractivity contribution in [2.75, 3.05) is 12.0 Å². The molecule has 7 nitrogen and oxygen atoms in total. The van der Waals surface area contributed by atoms with Crippen molar-refractivity contribution >= 4 is 28.9 Å². The Labute approximate surface area is 219 Å². The van der Waals surface area contributed by atoms with E-state index in [1.807, 2.05) is 9.58 Å². The monoisotopic (exact) mass is 514 g/mol. The van der Waals surface area contributed by atoms with Gasteiger partial charge in [0.1, 0.15) is 17.5 Å². The van der Waals surface area contributed by atoms with Crippen LogP contribution in [0.25, 0.3) is 0 Å². The maximum atomic E-state index is 14.0. The summed E-state index contributed by atoms with van der Waals surface area (Å²) in [6, 6.07) is 2.52. The van der Waals surface area contributed by atoms with Gasteiger partial charge in [-0.15, -0.1) is 11.3 Å². The van der Waals surface area contributed by atoms with Gasteiger partial charge in [0.2, 0.25) is 5.91 Å². The Kier molecular flexibility index (Phi) is 8.53. The van der Waals surface area contributed by atoms with Crippen LogP contribution in [0.5, 0.6) is 0 Å². The van der Waals surface area contributed by atoms with Gasteiger partial charge in [-0.2, -0.15) is 5.10 Å². The molecule has 0 radical (unpaired) electrons. The van der Waals surface area contributed by atoms with E-state index < -0.39 is 0 Å². The summed E-state index contributed by atoms with van der Waals surface area (Å²) in [5.41, 5.74) is 1.15. The van der Waals surface area contributed by atoms with Gasteiger partial charge in [-0.05, 0) is 81.6 Å². The van der Waals surface area contributed by atoms with E-state index in [2.05, 4.69) is 43.8 Å². The fraction of sp³-hybridized carbons (Fsp3) is 0.714. The number of hydrogen-bond acceptors (Lipinski definition) is 6. The third kappa shape index (κ3) is 5.68. The van der Waals surface area contributed by atoms with Gasteiger partial charge in [-0.25, -0.2) is 14.5 Å². The van der Waals surface area contributed by atoms with Crippen molar-refractivity contribution in [1.82, 2.24) is 14.8 Å². The molecule has 1 amide bonds. The molecule has 0 spiro atoms. The Morgan fingerprint density at radius 1 is 1.14 bits per heavy atom. The first-order valence-corrected chi connectivity index (χ1v) is 14.5. The molecule has 0 unspecified atom stereocenters. The van der Waals surface area contributed by atoms with Crippen LogP contribution in [0.3, 0.4) is 0 Å². The van der Waals surface area contributed by atoms with E-state index >= 15 is 0 Å². The summed E-state index contributed by atoms with van der Waals surface area (Å²) < 4.78 is 7.16. The second-order valence-corrected chi connectivity index (χ2v) is 12.4. The van der Waals surface area contributed by atoms with Crippen LogP contribution in [0, 0.1) is 11.3 Å². The number of esters is 1. The Balaban J connectivity index is 1.67. The van der Waals surface area contributed by atoms with Crippen LogP contribution in [0.15, 0.2) is 18.7 Å². The molecule has 0 aliphatic heterocycles. The van der Waals surface area contributed by atoms with Crippen molar-refractivity contribution in [3.63, 3.8) is 0 Å². The second-order valence-electron chi connectivity index (χ2n) is 11.4. The Morgan fingerprint density at radius 2 is 1.81 bits per heavy atom. The fourth-order valence-corrected chi connectivity index (χ4v) is 7.26. The van der Waals surface area contributed by atoms with Gasteiger partial charge in [-0.1, -0.05) is 27.7 Å². The number of carbonyl (C=O) groups is 2.